The summed E-state index contributed by atoms with van der Waals surface area (Å²) in [6.45, 7) is 3.47. The Balaban J connectivity index is 1.81. The van der Waals surface area contributed by atoms with Crippen LogP contribution in [0.15, 0.2) is 91.8 Å². The molecule has 162 valence electrons. The third-order valence-corrected chi connectivity index (χ3v) is 4.36. The number of carbonyl (C=O) groups is 3. The van der Waals surface area contributed by atoms with E-state index in [1.54, 1.807) is 54.6 Å². The van der Waals surface area contributed by atoms with E-state index in [4.69, 9.17) is 14.2 Å². The zero-order chi connectivity index (χ0) is 22.8. The van der Waals surface area contributed by atoms with E-state index in [9.17, 15) is 14.4 Å². The average Bonchev–Trinajstić information content (AvgIpc) is 2.85. The van der Waals surface area contributed by atoms with Crippen molar-refractivity contribution in [1.82, 2.24) is 4.98 Å². The number of hydrogen-bond acceptors (Lipinski definition) is 7. The number of Topliss-reactive ketones (excluding diaryl/α,β-unsaturated/α-hetero) is 1. The molecule has 7 heteroatoms. The van der Waals surface area contributed by atoms with Crippen LogP contribution in [0.25, 0.3) is 0 Å². The Morgan fingerprint density at radius 1 is 0.906 bits per heavy atom. The second-order valence-corrected chi connectivity index (χ2v) is 6.54. The summed E-state index contributed by atoms with van der Waals surface area (Å²) in [5.41, 5.74) is 1.13. The summed E-state index contributed by atoms with van der Waals surface area (Å²) in [6, 6.07) is 18.3. The Bertz CT molecular complexity index is 1080. The minimum atomic E-state index is -1.18. The van der Waals surface area contributed by atoms with Crippen molar-refractivity contribution < 1.29 is 28.6 Å². The molecule has 0 saturated carbocycles. The van der Waals surface area contributed by atoms with Crippen LogP contribution in [-0.2, 0) is 14.3 Å². The average molecular weight is 431 g/mol. The van der Waals surface area contributed by atoms with Crippen LogP contribution in [0, 0.1) is 0 Å². The number of pyridine rings is 1. The number of ketones is 1. The molecule has 0 N–H and O–H groups in total. The Kier molecular flexibility index (Phi) is 7.86. The molecule has 0 amide bonds. The number of hydrogen-bond donors (Lipinski definition) is 0. The Morgan fingerprint density at radius 2 is 1.66 bits per heavy atom. The van der Waals surface area contributed by atoms with Crippen LogP contribution in [0.2, 0.25) is 0 Å². The molecule has 1 aromatic heterocycles. The highest BCUT2D eigenvalue weighted by Gasteiger charge is 2.27. The molecule has 3 aromatic rings. The Labute approximate surface area is 185 Å². The fourth-order valence-corrected chi connectivity index (χ4v) is 2.82. The molecule has 1 atom stereocenters. The lowest BCUT2D eigenvalue weighted by molar-refractivity contribution is -0.138. The minimum absolute atomic E-state index is 0.0402. The van der Waals surface area contributed by atoms with Gasteiger partial charge in [0.25, 0.3) is 0 Å². The second kappa shape index (κ2) is 11.2. The summed E-state index contributed by atoms with van der Waals surface area (Å²) in [4.78, 5) is 40.9. The highest BCUT2D eigenvalue weighted by molar-refractivity contribution is 6.02. The number of benzene rings is 2. The lowest BCUT2D eigenvalue weighted by Gasteiger charge is -2.18. The number of aromatic nitrogens is 1. The first-order chi connectivity index (χ1) is 15.6. The van der Waals surface area contributed by atoms with Crippen LogP contribution in [0.1, 0.15) is 32.4 Å². The van der Waals surface area contributed by atoms with Gasteiger partial charge in [-0.25, -0.2) is 9.59 Å². The fraction of sp³-hybridized carbons (Fsp3) is 0.120. The van der Waals surface area contributed by atoms with Gasteiger partial charge in [-0.15, -0.1) is 0 Å². The van der Waals surface area contributed by atoms with E-state index in [1.807, 2.05) is 0 Å². The predicted molar refractivity (Wildman–Crippen MR) is 116 cm³/mol. The lowest BCUT2D eigenvalue weighted by Crippen LogP contribution is -2.20. The van der Waals surface area contributed by atoms with Crippen LogP contribution >= 0.6 is 0 Å². The summed E-state index contributed by atoms with van der Waals surface area (Å²) in [7, 11) is 0. The van der Waals surface area contributed by atoms with Gasteiger partial charge < -0.3 is 14.2 Å². The zero-order valence-corrected chi connectivity index (χ0v) is 17.2. The minimum Gasteiger partial charge on any atom is -0.490 e. The van der Waals surface area contributed by atoms with E-state index in [0.29, 0.717) is 16.9 Å². The molecule has 2 aromatic carbocycles. The van der Waals surface area contributed by atoms with Gasteiger partial charge in [-0.05, 0) is 24.3 Å². The fourth-order valence-electron chi connectivity index (χ4n) is 2.82. The molecule has 0 radical (unpaired) electrons. The topological polar surface area (TPSA) is 91.8 Å². The van der Waals surface area contributed by atoms with Gasteiger partial charge in [0.15, 0.2) is 6.10 Å². The molecular weight excluding hydrogens is 410 g/mol. The van der Waals surface area contributed by atoms with Crippen molar-refractivity contribution >= 4 is 17.7 Å². The van der Waals surface area contributed by atoms with Crippen LogP contribution < -0.4 is 4.74 Å². The van der Waals surface area contributed by atoms with Crippen molar-refractivity contribution in [2.45, 2.75) is 6.10 Å². The van der Waals surface area contributed by atoms with Crippen LogP contribution in [0.4, 0.5) is 0 Å². The molecule has 0 spiro atoms. The number of esters is 2. The molecule has 0 aliphatic rings. The quantitative estimate of drug-likeness (QED) is 0.208. The third kappa shape index (κ3) is 6.12. The maximum atomic E-state index is 13.2. The van der Waals surface area contributed by atoms with Gasteiger partial charge in [-0.3, -0.25) is 9.78 Å². The molecular formula is C25H21NO6. The number of nitrogens with zero attached hydrogens (tertiary/aromatic N) is 1. The number of ether oxygens (including phenoxy) is 3. The Hall–Kier alpha value is -4.26. The van der Waals surface area contributed by atoms with Gasteiger partial charge >= 0.3 is 11.9 Å². The maximum absolute atomic E-state index is 13.2. The molecule has 7 nitrogen and oxygen atoms in total. The van der Waals surface area contributed by atoms with E-state index < -0.39 is 18.0 Å². The van der Waals surface area contributed by atoms with Crippen LogP contribution in [0.3, 0.4) is 0 Å². The zero-order valence-electron chi connectivity index (χ0n) is 17.2. The van der Waals surface area contributed by atoms with E-state index in [2.05, 4.69) is 11.6 Å². The molecule has 32 heavy (non-hydrogen) atoms. The van der Waals surface area contributed by atoms with E-state index in [-0.39, 0.29) is 24.6 Å². The largest absolute Gasteiger partial charge is 0.490 e. The van der Waals surface area contributed by atoms with Gasteiger partial charge in [-0.1, -0.05) is 49.0 Å². The number of carbonyl (C=O) groups excluding carboxylic acids is 3. The van der Waals surface area contributed by atoms with Crippen molar-refractivity contribution in [2.24, 2.45) is 0 Å². The summed E-state index contributed by atoms with van der Waals surface area (Å²) in [5, 5.41) is 0. The Morgan fingerprint density at radius 3 is 2.38 bits per heavy atom. The van der Waals surface area contributed by atoms with Crippen molar-refractivity contribution in [3.05, 3.63) is 108 Å². The van der Waals surface area contributed by atoms with Crippen molar-refractivity contribution in [2.75, 3.05) is 13.2 Å². The summed E-state index contributed by atoms with van der Waals surface area (Å²) >= 11 is 0. The molecule has 0 fully saturated rings. The predicted octanol–water partition coefficient (Wildman–Crippen LogP) is 3.97. The molecule has 0 aliphatic carbocycles. The first-order valence-corrected chi connectivity index (χ1v) is 9.80. The molecule has 0 saturated heterocycles. The number of rotatable bonds is 10. The van der Waals surface area contributed by atoms with E-state index in [0.717, 1.165) is 6.08 Å². The normalized spacial score (nSPS) is 11.1. The molecule has 0 aliphatic heterocycles. The SMILES string of the molecule is C=CC(=O)OCCOc1cccc(C(OC(=O)c2ccncc2)C(=O)c2ccccc2)c1. The van der Waals surface area contributed by atoms with Gasteiger partial charge in [0.05, 0.1) is 5.56 Å². The third-order valence-electron chi connectivity index (χ3n) is 4.36. The van der Waals surface area contributed by atoms with Crippen molar-refractivity contribution in [3.63, 3.8) is 0 Å². The highest BCUT2D eigenvalue weighted by Crippen LogP contribution is 2.27. The summed E-state index contributed by atoms with van der Waals surface area (Å²) in [5.74, 6) is -1.13. The first kappa shape index (κ1) is 22.4. The van der Waals surface area contributed by atoms with E-state index in [1.165, 1.54) is 24.5 Å². The summed E-state index contributed by atoms with van der Waals surface area (Å²) in [6.07, 6.45) is 2.83. The monoisotopic (exact) mass is 431 g/mol. The van der Waals surface area contributed by atoms with Crippen molar-refractivity contribution in [1.29, 1.82) is 0 Å². The first-order valence-electron chi connectivity index (χ1n) is 9.80. The lowest BCUT2D eigenvalue weighted by atomic mass is 9.99. The van der Waals surface area contributed by atoms with Crippen LogP contribution in [0.5, 0.6) is 5.75 Å². The maximum Gasteiger partial charge on any atom is 0.339 e. The smallest absolute Gasteiger partial charge is 0.339 e. The molecule has 3 rings (SSSR count). The molecule has 1 unspecified atom stereocenters. The van der Waals surface area contributed by atoms with Gasteiger partial charge in [0.1, 0.15) is 19.0 Å². The van der Waals surface area contributed by atoms with Crippen LogP contribution in [-0.4, -0.2) is 35.9 Å². The van der Waals surface area contributed by atoms with Crippen molar-refractivity contribution in [3.8, 4) is 5.75 Å². The van der Waals surface area contributed by atoms with Gasteiger partial charge in [0, 0.05) is 29.6 Å². The standard InChI is InChI=1S/C25H21NO6/c1-2-22(27)31-16-15-30-21-10-6-9-20(17-21)24(23(28)18-7-4-3-5-8-18)32-25(29)19-11-13-26-14-12-19/h2-14,17,24H,1,15-16H2. The molecule has 0 bridgehead atoms. The summed E-state index contributed by atoms with van der Waals surface area (Å²) < 4.78 is 16.1. The highest BCUT2D eigenvalue weighted by atomic mass is 16.6. The molecule has 1 heterocycles. The van der Waals surface area contributed by atoms with Gasteiger partial charge in [0.2, 0.25) is 5.78 Å². The van der Waals surface area contributed by atoms with Gasteiger partial charge in [-0.2, -0.15) is 0 Å². The second-order valence-electron chi connectivity index (χ2n) is 6.54. The van der Waals surface area contributed by atoms with E-state index >= 15 is 0 Å².